The Morgan fingerprint density at radius 1 is 0.302 bits per heavy atom. The number of aromatic nitrogens is 1. The van der Waals surface area contributed by atoms with E-state index in [2.05, 4.69) is 252 Å². The first-order valence-corrected chi connectivity index (χ1v) is 21.5. The minimum absolute atomic E-state index is 0.861. The molecule has 0 radical (unpaired) electrons. The highest BCUT2D eigenvalue weighted by molar-refractivity contribution is 6.14. The Labute approximate surface area is 366 Å². The fraction of sp³-hybridized carbons (Fsp3) is 0. The molecule has 0 saturated carbocycles. The molecule has 0 spiro atoms. The van der Waals surface area contributed by atoms with E-state index in [0.717, 1.165) is 78.0 Å². The van der Waals surface area contributed by atoms with Gasteiger partial charge in [0, 0.05) is 49.7 Å². The van der Waals surface area contributed by atoms with E-state index in [0.29, 0.717) is 0 Å². The second kappa shape index (κ2) is 15.3. The third-order valence-electron chi connectivity index (χ3n) is 12.4. The summed E-state index contributed by atoms with van der Waals surface area (Å²) in [5.41, 5.74) is 17.5. The molecule has 3 nitrogen and oxygen atoms in total. The first-order valence-electron chi connectivity index (χ1n) is 21.5. The lowest BCUT2D eigenvalue weighted by Gasteiger charge is -2.27. The Hall–Kier alpha value is -8.40. The number of fused-ring (bicyclic) bond motifs is 6. The Morgan fingerprint density at radius 3 is 1.51 bits per heavy atom. The molecule has 0 unspecified atom stereocenters. The van der Waals surface area contributed by atoms with E-state index in [-0.39, 0.29) is 0 Å². The van der Waals surface area contributed by atoms with Crippen molar-refractivity contribution in [2.24, 2.45) is 0 Å². The monoisotopic (exact) mass is 804 g/mol. The second-order valence-electron chi connectivity index (χ2n) is 16.1. The first-order chi connectivity index (χ1) is 31.2. The summed E-state index contributed by atoms with van der Waals surface area (Å²) in [5, 5.41) is 4.60. The predicted molar refractivity (Wildman–Crippen MR) is 264 cm³/mol. The number of para-hydroxylation sites is 4. The maximum Gasteiger partial charge on any atom is 0.143 e. The highest BCUT2D eigenvalue weighted by atomic mass is 16.3. The standard InChI is InChI=1S/C60H40N2O/c1-3-17-41(18-4-1)44-21-15-22-45(37-44)43-33-35-47(36-34-43)61(48-24-16-23-46(38-48)42-19-5-2-6-20-42)49-39-54(60-55(40-49)53-28-10-14-32-59(53)63-60)52-27-9-13-31-58(52)62-56-29-11-7-25-50(56)51-26-8-12-30-57(51)62/h1-40H. The minimum atomic E-state index is 0.861. The van der Waals surface area contributed by atoms with Crippen LogP contribution in [0.2, 0.25) is 0 Å². The zero-order valence-electron chi connectivity index (χ0n) is 34.4. The van der Waals surface area contributed by atoms with Crippen molar-refractivity contribution < 1.29 is 4.42 Å². The first kappa shape index (κ1) is 36.5. The van der Waals surface area contributed by atoms with Gasteiger partial charge in [0.2, 0.25) is 0 Å². The average molecular weight is 805 g/mol. The maximum atomic E-state index is 6.89. The topological polar surface area (TPSA) is 21.3 Å². The van der Waals surface area contributed by atoms with E-state index in [1.807, 2.05) is 0 Å². The van der Waals surface area contributed by atoms with E-state index in [4.69, 9.17) is 4.42 Å². The molecule has 0 aliphatic rings. The summed E-state index contributed by atoms with van der Waals surface area (Å²) in [6.07, 6.45) is 0. The number of nitrogens with zero attached hydrogens (tertiary/aromatic N) is 2. The van der Waals surface area contributed by atoms with Gasteiger partial charge in [-0.05, 0) is 100 Å². The highest BCUT2D eigenvalue weighted by Crippen LogP contribution is 2.46. The molecule has 12 aromatic rings. The SMILES string of the molecule is c1ccc(-c2cccc(-c3ccc(N(c4cccc(-c5ccccc5)c4)c4cc(-c5ccccc5-n5c6ccccc6c6ccccc65)c5oc6ccccc6c5c4)cc3)c2)cc1. The number of benzene rings is 10. The van der Waals surface area contributed by atoms with Gasteiger partial charge in [-0.25, -0.2) is 0 Å². The van der Waals surface area contributed by atoms with Crippen molar-refractivity contribution in [3.63, 3.8) is 0 Å². The zero-order valence-corrected chi connectivity index (χ0v) is 34.4. The van der Waals surface area contributed by atoms with Gasteiger partial charge in [0.1, 0.15) is 11.2 Å². The molecule has 0 saturated heterocycles. The molecule has 296 valence electrons. The lowest BCUT2D eigenvalue weighted by molar-refractivity contribution is 0.670. The Bertz CT molecular complexity index is 3570. The Morgan fingerprint density at radius 2 is 0.825 bits per heavy atom. The summed E-state index contributed by atoms with van der Waals surface area (Å²) in [6.45, 7) is 0. The fourth-order valence-corrected chi connectivity index (χ4v) is 9.43. The van der Waals surface area contributed by atoms with Gasteiger partial charge < -0.3 is 13.9 Å². The van der Waals surface area contributed by atoms with E-state index in [1.165, 1.54) is 33.0 Å². The summed E-state index contributed by atoms with van der Waals surface area (Å²) >= 11 is 0. The van der Waals surface area contributed by atoms with Gasteiger partial charge in [0.15, 0.2) is 0 Å². The van der Waals surface area contributed by atoms with Crippen LogP contribution >= 0.6 is 0 Å². The smallest absolute Gasteiger partial charge is 0.143 e. The van der Waals surface area contributed by atoms with Crippen molar-refractivity contribution in [1.82, 2.24) is 4.57 Å². The maximum absolute atomic E-state index is 6.89. The summed E-state index contributed by atoms with van der Waals surface area (Å²) in [5.74, 6) is 0. The molecule has 0 fully saturated rings. The molecular formula is C60H40N2O. The average Bonchev–Trinajstić information content (AvgIpc) is 3.91. The molecule has 12 rings (SSSR count). The van der Waals surface area contributed by atoms with Crippen molar-refractivity contribution in [2.45, 2.75) is 0 Å². The summed E-state index contributed by atoms with van der Waals surface area (Å²) < 4.78 is 9.30. The second-order valence-corrected chi connectivity index (χ2v) is 16.1. The summed E-state index contributed by atoms with van der Waals surface area (Å²) in [4.78, 5) is 2.39. The molecule has 0 aliphatic carbocycles. The third-order valence-corrected chi connectivity index (χ3v) is 12.4. The molecule has 10 aromatic carbocycles. The molecule has 2 heterocycles. The molecule has 3 heteroatoms. The van der Waals surface area contributed by atoms with E-state index in [1.54, 1.807) is 0 Å². The third kappa shape index (κ3) is 6.38. The molecule has 63 heavy (non-hydrogen) atoms. The predicted octanol–water partition coefficient (Wildman–Crippen LogP) is 16.8. The van der Waals surface area contributed by atoms with Crippen LogP contribution in [0.5, 0.6) is 0 Å². The van der Waals surface area contributed by atoms with E-state index < -0.39 is 0 Å². The van der Waals surface area contributed by atoms with Crippen LogP contribution in [-0.4, -0.2) is 4.57 Å². The molecular weight excluding hydrogens is 765 g/mol. The number of hydrogen-bond donors (Lipinski definition) is 0. The minimum Gasteiger partial charge on any atom is -0.455 e. The van der Waals surface area contributed by atoms with Gasteiger partial charge >= 0.3 is 0 Å². The largest absolute Gasteiger partial charge is 0.455 e. The number of hydrogen-bond acceptors (Lipinski definition) is 2. The fourth-order valence-electron chi connectivity index (χ4n) is 9.43. The van der Waals surface area contributed by atoms with Crippen molar-refractivity contribution >= 4 is 60.8 Å². The van der Waals surface area contributed by atoms with E-state index >= 15 is 0 Å². The lowest BCUT2D eigenvalue weighted by Crippen LogP contribution is -2.10. The van der Waals surface area contributed by atoms with Crippen molar-refractivity contribution in [2.75, 3.05) is 4.90 Å². The quantitative estimate of drug-likeness (QED) is 0.153. The van der Waals surface area contributed by atoms with Crippen LogP contribution in [0.3, 0.4) is 0 Å². The Kier molecular flexibility index (Phi) is 8.83. The molecule has 2 aromatic heterocycles. The van der Waals surface area contributed by atoms with Gasteiger partial charge in [-0.2, -0.15) is 0 Å². The van der Waals surface area contributed by atoms with Crippen LogP contribution in [0.15, 0.2) is 247 Å². The van der Waals surface area contributed by atoms with Crippen molar-refractivity contribution in [3.8, 4) is 50.2 Å². The van der Waals surface area contributed by atoms with Crippen LogP contribution in [-0.2, 0) is 0 Å². The van der Waals surface area contributed by atoms with Gasteiger partial charge in [-0.15, -0.1) is 0 Å². The highest BCUT2D eigenvalue weighted by Gasteiger charge is 2.23. The normalized spacial score (nSPS) is 11.5. The van der Waals surface area contributed by atoms with Crippen LogP contribution < -0.4 is 4.90 Å². The van der Waals surface area contributed by atoms with Crippen molar-refractivity contribution in [3.05, 3.63) is 243 Å². The molecule has 0 atom stereocenters. The molecule has 0 aliphatic heterocycles. The molecule has 0 bridgehead atoms. The molecule has 0 N–H and O–H groups in total. The summed E-state index contributed by atoms with van der Waals surface area (Å²) in [6, 6.07) is 87.1. The van der Waals surface area contributed by atoms with Gasteiger partial charge in [-0.1, -0.05) is 176 Å². The van der Waals surface area contributed by atoms with E-state index in [9.17, 15) is 0 Å². The van der Waals surface area contributed by atoms with Gasteiger partial charge in [-0.3, -0.25) is 0 Å². The number of furan rings is 1. The van der Waals surface area contributed by atoms with Gasteiger partial charge in [0.25, 0.3) is 0 Å². The lowest BCUT2D eigenvalue weighted by atomic mass is 9.97. The number of rotatable bonds is 8. The van der Waals surface area contributed by atoms with Crippen LogP contribution in [0, 0.1) is 0 Å². The zero-order chi connectivity index (χ0) is 41.7. The van der Waals surface area contributed by atoms with Crippen LogP contribution in [0.1, 0.15) is 0 Å². The summed E-state index contributed by atoms with van der Waals surface area (Å²) in [7, 11) is 0. The number of anilines is 3. The van der Waals surface area contributed by atoms with Crippen molar-refractivity contribution in [1.29, 1.82) is 0 Å². The van der Waals surface area contributed by atoms with Crippen LogP contribution in [0.25, 0.3) is 93.9 Å². The van der Waals surface area contributed by atoms with Crippen LogP contribution in [0.4, 0.5) is 17.1 Å². The van der Waals surface area contributed by atoms with Gasteiger partial charge in [0.05, 0.1) is 16.7 Å². The Balaban J connectivity index is 1.08. The molecule has 0 amide bonds.